The molecule has 0 saturated carbocycles. The Hall–Kier alpha value is -1.81. The van der Waals surface area contributed by atoms with Crippen molar-refractivity contribution in [3.05, 3.63) is 63.6 Å². The van der Waals surface area contributed by atoms with Crippen molar-refractivity contribution in [1.29, 1.82) is 0 Å². The number of aryl methyl sites for hydroxylation is 1. The van der Waals surface area contributed by atoms with Crippen molar-refractivity contribution < 1.29 is 4.79 Å². The SMILES string of the molecule is Cc1cccc(CCNC(=O)c2ccc(Br)c(N)c2)c1. The first-order chi connectivity index (χ1) is 9.56. The number of benzene rings is 2. The van der Waals surface area contributed by atoms with E-state index in [1.807, 2.05) is 6.07 Å². The average Bonchev–Trinajstić information content (AvgIpc) is 2.42. The molecule has 104 valence electrons. The summed E-state index contributed by atoms with van der Waals surface area (Å²) in [4.78, 5) is 12.0. The average molecular weight is 333 g/mol. The molecule has 0 aliphatic rings. The van der Waals surface area contributed by atoms with Crippen LogP contribution in [-0.4, -0.2) is 12.5 Å². The maximum atomic E-state index is 12.0. The fourth-order valence-corrected chi connectivity index (χ4v) is 2.22. The molecule has 0 aliphatic heterocycles. The quantitative estimate of drug-likeness (QED) is 0.844. The summed E-state index contributed by atoms with van der Waals surface area (Å²) in [6.45, 7) is 2.67. The van der Waals surface area contributed by atoms with Crippen LogP contribution in [0.3, 0.4) is 0 Å². The Morgan fingerprint density at radius 1 is 1.25 bits per heavy atom. The van der Waals surface area contributed by atoms with E-state index in [-0.39, 0.29) is 5.91 Å². The van der Waals surface area contributed by atoms with Crippen LogP contribution in [0.25, 0.3) is 0 Å². The predicted octanol–water partition coefficient (Wildman–Crippen LogP) is 3.31. The van der Waals surface area contributed by atoms with Gasteiger partial charge in [0.25, 0.3) is 5.91 Å². The summed E-state index contributed by atoms with van der Waals surface area (Å²) in [6, 6.07) is 13.5. The van der Waals surface area contributed by atoms with Gasteiger partial charge in [-0.2, -0.15) is 0 Å². The first-order valence-corrected chi connectivity index (χ1v) is 7.24. The summed E-state index contributed by atoms with van der Waals surface area (Å²) >= 11 is 3.31. The predicted molar refractivity (Wildman–Crippen MR) is 85.8 cm³/mol. The fourth-order valence-electron chi connectivity index (χ4n) is 1.98. The van der Waals surface area contributed by atoms with E-state index in [2.05, 4.69) is 46.4 Å². The van der Waals surface area contributed by atoms with Gasteiger partial charge in [-0.05, 0) is 53.0 Å². The Bertz CT molecular complexity index is 626. The Labute approximate surface area is 127 Å². The smallest absolute Gasteiger partial charge is 0.251 e. The van der Waals surface area contributed by atoms with E-state index in [1.165, 1.54) is 11.1 Å². The van der Waals surface area contributed by atoms with Crippen LogP contribution >= 0.6 is 15.9 Å². The van der Waals surface area contributed by atoms with Gasteiger partial charge in [0.1, 0.15) is 0 Å². The number of anilines is 1. The number of rotatable bonds is 4. The van der Waals surface area contributed by atoms with E-state index in [0.29, 0.717) is 17.8 Å². The summed E-state index contributed by atoms with van der Waals surface area (Å²) < 4.78 is 0.800. The minimum atomic E-state index is -0.100. The van der Waals surface area contributed by atoms with Crippen LogP contribution < -0.4 is 11.1 Å². The molecular weight excluding hydrogens is 316 g/mol. The molecule has 0 aromatic heterocycles. The van der Waals surface area contributed by atoms with Crippen molar-refractivity contribution in [3.8, 4) is 0 Å². The van der Waals surface area contributed by atoms with Crippen molar-refractivity contribution in [2.75, 3.05) is 12.3 Å². The van der Waals surface area contributed by atoms with E-state index in [0.717, 1.165) is 10.9 Å². The van der Waals surface area contributed by atoms with Gasteiger partial charge in [-0.3, -0.25) is 4.79 Å². The number of carbonyl (C=O) groups excluding carboxylic acids is 1. The molecule has 2 aromatic rings. The molecular formula is C16H17BrN2O. The van der Waals surface area contributed by atoms with Gasteiger partial charge in [0.05, 0.1) is 0 Å². The van der Waals surface area contributed by atoms with Gasteiger partial charge in [-0.25, -0.2) is 0 Å². The van der Waals surface area contributed by atoms with Crippen LogP contribution in [0.1, 0.15) is 21.5 Å². The molecule has 0 aliphatic carbocycles. The van der Waals surface area contributed by atoms with Crippen molar-refractivity contribution in [3.63, 3.8) is 0 Å². The molecule has 1 amide bonds. The molecule has 0 heterocycles. The molecule has 20 heavy (non-hydrogen) atoms. The zero-order valence-corrected chi connectivity index (χ0v) is 12.9. The Morgan fingerprint density at radius 3 is 2.75 bits per heavy atom. The second-order valence-corrected chi connectivity index (χ2v) is 5.59. The number of nitrogens with one attached hydrogen (secondary N) is 1. The van der Waals surface area contributed by atoms with Crippen molar-refractivity contribution in [2.45, 2.75) is 13.3 Å². The first kappa shape index (κ1) is 14.6. The highest BCUT2D eigenvalue weighted by atomic mass is 79.9. The number of hydrogen-bond acceptors (Lipinski definition) is 2. The Kier molecular flexibility index (Phi) is 4.79. The molecule has 3 nitrogen and oxygen atoms in total. The standard InChI is InChI=1S/C16H17BrN2O/c1-11-3-2-4-12(9-11)7-8-19-16(20)13-5-6-14(17)15(18)10-13/h2-6,9-10H,7-8,18H2,1H3,(H,19,20). The lowest BCUT2D eigenvalue weighted by molar-refractivity contribution is 0.0954. The van der Waals surface area contributed by atoms with Gasteiger partial charge in [0.2, 0.25) is 0 Å². The van der Waals surface area contributed by atoms with Crippen LogP contribution in [-0.2, 0) is 6.42 Å². The molecule has 0 radical (unpaired) electrons. The van der Waals surface area contributed by atoms with E-state index in [4.69, 9.17) is 5.73 Å². The molecule has 0 atom stereocenters. The molecule has 0 unspecified atom stereocenters. The summed E-state index contributed by atoms with van der Waals surface area (Å²) in [6.07, 6.45) is 0.819. The number of nitrogens with two attached hydrogens (primary N) is 1. The third-order valence-corrected chi connectivity index (χ3v) is 3.76. The molecule has 3 N–H and O–H groups in total. The van der Waals surface area contributed by atoms with Gasteiger partial charge in [-0.15, -0.1) is 0 Å². The topological polar surface area (TPSA) is 55.1 Å². The molecule has 4 heteroatoms. The lowest BCUT2D eigenvalue weighted by Crippen LogP contribution is -2.25. The van der Waals surface area contributed by atoms with E-state index >= 15 is 0 Å². The lowest BCUT2D eigenvalue weighted by atomic mass is 10.1. The summed E-state index contributed by atoms with van der Waals surface area (Å²) in [5, 5.41) is 2.90. The first-order valence-electron chi connectivity index (χ1n) is 6.45. The highest BCUT2D eigenvalue weighted by molar-refractivity contribution is 9.10. The maximum absolute atomic E-state index is 12.0. The van der Waals surface area contributed by atoms with Gasteiger partial charge in [0.15, 0.2) is 0 Å². The molecule has 0 spiro atoms. The number of amides is 1. The third kappa shape index (κ3) is 3.84. The van der Waals surface area contributed by atoms with Crippen molar-refractivity contribution in [2.24, 2.45) is 0 Å². The minimum Gasteiger partial charge on any atom is -0.398 e. The summed E-state index contributed by atoms with van der Waals surface area (Å²) in [5.74, 6) is -0.100. The van der Waals surface area contributed by atoms with E-state index < -0.39 is 0 Å². The second-order valence-electron chi connectivity index (χ2n) is 4.73. The second kappa shape index (κ2) is 6.57. The van der Waals surface area contributed by atoms with Gasteiger partial charge < -0.3 is 11.1 Å². The van der Waals surface area contributed by atoms with Gasteiger partial charge >= 0.3 is 0 Å². The Balaban J connectivity index is 1.90. The van der Waals surface area contributed by atoms with Crippen LogP contribution in [0.4, 0.5) is 5.69 Å². The highest BCUT2D eigenvalue weighted by Crippen LogP contribution is 2.20. The normalized spacial score (nSPS) is 10.3. The molecule has 0 saturated heterocycles. The molecule has 2 aromatic carbocycles. The largest absolute Gasteiger partial charge is 0.398 e. The number of hydrogen-bond donors (Lipinski definition) is 2. The van der Waals surface area contributed by atoms with Crippen LogP contribution in [0, 0.1) is 6.92 Å². The van der Waals surface area contributed by atoms with Crippen molar-refractivity contribution in [1.82, 2.24) is 5.32 Å². The number of carbonyl (C=O) groups is 1. The molecule has 0 fully saturated rings. The third-order valence-electron chi connectivity index (χ3n) is 3.04. The Morgan fingerprint density at radius 2 is 2.05 bits per heavy atom. The monoisotopic (exact) mass is 332 g/mol. The number of nitrogen functional groups attached to an aromatic ring is 1. The van der Waals surface area contributed by atoms with Crippen LogP contribution in [0.5, 0.6) is 0 Å². The van der Waals surface area contributed by atoms with Crippen molar-refractivity contribution >= 4 is 27.5 Å². The zero-order valence-electron chi connectivity index (χ0n) is 11.3. The van der Waals surface area contributed by atoms with Gasteiger partial charge in [-0.1, -0.05) is 29.8 Å². The zero-order chi connectivity index (χ0) is 14.5. The van der Waals surface area contributed by atoms with Gasteiger partial charge in [0, 0.05) is 22.3 Å². The highest BCUT2D eigenvalue weighted by Gasteiger charge is 2.06. The molecule has 2 rings (SSSR count). The summed E-state index contributed by atoms with van der Waals surface area (Å²) in [5.41, 5.74) is 9.37. The van der Waals surface area contributed by atoms with Crippen LogP contribution in [0.15, 0.2) is 46.9 Å². The molecule has 0 bridgehead atoms. The minimum absolute atomic E-state index is 0.100. The van der Waals surface area contributed by atoms with Crippen LogP contribution in [0.2, 0.25) is 0 Å². The number of halogens is 1. The summed E-state index contributed by atoms with van der Waals surface area (Å²) in [7, 11) is 0. The fraction of sp³-hybridized carbons (Fsp3) is 0.188. The lowest BCUT2D eigenvalue weighted by Gasteiger charge is -2.07. The van der Waals surface area contributed by atoms with E-state index in [9.17, 15) is 4.79 Å². The maximum Gasteiger partial charge on any atom is 0.251 e. The van der Waals surface area contributed by atoms with E-state index in [1.54, 1.807) is 18.2 Å².